The molecule has 0 saturated carbocycles. The Labute approximate surface area is 170 Å². The summed E-state index contributed by atoms with van der Waals surface area (Å²) in [6.07, 6.45) is 1.47. The molecule has 8 heteroatoms. The van der Waals surface area contributed by atoms with E-state index in [0.717, 1.165) is 6.54 Å². The second-order valence-corrected chi connectivity index (χ2v) is 7.20. The summed E-state index contributed by atoms with van der Waals surface area (Å²) in [5.74, 6) is -0.110. The first-order chi connectivity index (χ1) is 14.0. The first-order valence-electron chi connectivity index (χ1n) is 9.61. The summed E-state index contributed by atoms with van der Waals surface area (Å²) >= 11 is 0. The molecule has 2 aromatic rings. The van der Waals surface area contributed by atoms with Gasteiger partial charge in [-0.25, -0.2) is 0 Å². The van der Waals surface area contributed by atoms with Gasteiger partial charge in [-0.1, -0.05) is 0 Å². The van der Waals surface area contributed by atoms with Gasteiger partial charge in [-0.15, -0.1) is 0 Å². The molecule has 0 radical (unpaired) electrons. The molecule has 0 aliphatic carbocycles. The summed E-state index contributed by atoms with van der Waals surface area (Å²) in [5, 5.41) is 2.85. The molecule has 8 nitrogen and oxygen atoms in total. The third kappa shape index (κ3) is 5.23. The van der Waals surface area contributed by atoms with E-state index in [-0.39, 0.29) is 17.7 Å². The Hall–Kier alpha value is -3.13. The molecule has 1 saturated heterocycles. The Bertz CT molecular complexity index is 838. The van der Waals surface area contributed by atoms with Gasteiger partial charge in [0.25, 0.3) is 17.7 Å². The van der Waals surface area contributed by atoms with E-state index in [1.807, 2.05) is 19.0 Å². The van der Waals surface area contributed by atoms with Gasteiger partial charge in [0.1, 0.15) is 0 Å². The van der Waals surface area contributed by atoms with Crippen molar-refractivity contribution in [1.82, 2.24) is 20.0 Å². The summed E-state index contributed by atoms with van der Waals surface area (Å²) in [6, 6.07) is 9.98. The van der Waals surface area contributed by atoms with Gasteiger partial charge in [-0.2, -0.15) is 0 Å². The van der Waals surface area contributed by atoms with Crippen molar-refractivity contribution in [3.8, 4) is 0 Å². The van der Waals surface area contributed by atoms with Gasteiger partial charge >= 0.3 is 0 Å². The highest BCUT2D eigenvalue weighted by molar-refractivity contribution is 5.98. The van der Waals surface area contributed by atoms with Crippen molar-refractivity contribution >= 4 is 17.7 Å². The fourth-order valence-corrected chi connectivity index (χ4v) is 3.11. The first kappa shape index (κ1) is 20.6. The number of nitrogens with one attached hydrogen (secondary N) is 1. The number of furan rings is 1. The number of amides is 3. The first-order valence-corrected chi connectivity index (χ1v) is 9.61. The highest BCUT2D eigenvalue weighted by atomic mass is 16.3. The van der Waals surface area contributed by atoms with Crippen LogP contribution in [0, 0.1) is 0 Å². The lowest BCUT2D eigenvalue weighted by molar-refractivity contribution is 0.0518. The van der Waals surface area contributed by atoms with Crippen molar-refractivity contribution < 1.29 is 18.8 Å². The monoisotopic (exact) mass is 398 g/mol. The third-order valence-electron chi connectivity index (χ3n) is 4.82. The van der Waals surface area contributed by atoms with Crippen molar-refractivity contribution in [1.29, 1.82) is 0 Å². The van der Waals surface area contributed by atoms with Crippen LogP contribution in [0.4, 0.5) is 0 Å². The van der Waals surface area contributed by atoms with Crippen molar-refractivity contribution in [3.63, 3.8) is 0 Å². The van der Waals surface area contributed by atoms with E-state index in [9.17, 15) is 14.4 Å². The minimum Gasteiger partial charge on any atom is -0.459 e. The predicted octanol–water partition coefficient (Wildman–Crippen LogP) is 1.17. The molecule has 154 valence electrons. The smallest absolute Gasteiger partial charge is 0.289 e. The summed E-state index contributed by atoms with van der Waals surface area (Å²) in [4.78, 5) is 42.6. The van der Waals surface area contributed by atoms with Gasteiger partial charge in [-0.05, 0) is 50.5 Å². The number of benzene rings is 1. The predicted molar refractivity (Wildman–Crippen MR) is 108 cm³/mol. The molecule has 2 heterocycles. The van der Waals surface area contributed by atoms with Crippen LogP contribution in [0.15, 0.2) is 47.1 Å². The molecule has 3 amide bonds. The normalized spacial score (nSPS) is 14.2. The highest BCUT2D eigenvalue weighted by Crippen LogP contribution is 2.13. The molecule has 29 heavy (non-hydrogen) atoms. The minimum atomic E-state index is -0.160. The number of likely N-dealkylation sites (N-methyl/N-ethyl adjacent to an activating group) is 1. The zero-order valence-electron chi connectivity index (χ0n) is 16.8. The molecular weight excluding hydrogens is 372 g/mol. The quantitative estimate of drug-likeness (QED) is 0.790. The molecular formula is C21H26N4O4. The molecule has 1 aromatic heterocycles. The maximum absolute atomic E-state index is 12.7. The second-order valence-electron chi connectivity index (χ2n) is 7.20. The van der Waals surface area contributed by atoms with Crippen LogP contribution in [-0.4, -0.2) is 85.8 Å². The van der Waals surface area contributed by atoms with Crippen LogP contribution >= 0.6 is 0 Å². The fraction of sp³-hybridized carbons (Fsp3) is 0.381. The Morgan fingerprint density at radius 1 is 0.931 bits per heavy atom. The third-order valence-corrected chi connectivity index (χ3v) is 4.82. The SMILES string of the molecule is CN(C)CCNC(=O)c1ccc(C(=O)N2CCN(C(=O)c3ccco3)CC2)cc1. The topological polar surface area (TPSA) is 86.1 Å². The Morgan fingerprint density at radius 2 is 1.52 bits per heavy atom. The van der Waals surface area contributed by atoms with E-state index in [4.69, 9.17) is 4.42 Å². The molecule has 0 atom stereocenters. The van der Waals surface area contributed by atoms with Crippen molar-refractivity contribution in [3.05, 3.63) is 59.5 Å². The van der Waals surface area contributed by atoms with E-state index in [0.29, 0.717) is 49.6 Å². The zero-order chi connectivity index (χ0) is 20.8. The number of nitrogens with zero attached hydrogens (tertiary/aromatic N) is 3. The summed E-state index contributed by atoms with van der Waals surface area (Å²) in [7, 11) is 3.89. The summed E-state index contributed by atoms with van der Waals surface area (Å²) < 4.78 is 5.15. The maximum atomic E-state index is 12.7. The average Bonchev–Trinajstić information content (AvgIpc) is 3.27. The van der Waals surface area contributed by atoms with E-state index >= 15 is 0 Å². The molecule has 1 aromatic carbocycles. The summed E-state index contributed by atoms with van der Waals surface area (Å²) in [5.41, 5.74) is 1.05. The lowest BCUT2D eigenvalue weighted by Gasteiger charge is -2.34. The summed E-state index contributed by atoms with van der Waals surface area (Å²) in [6.45, 7) is 3.15. The number of rotatable bonds is 6. The van der Waals surface area contributed by atoms with Crippen LogP contribution in [-0.2, 0) is 0 Å². The Morgan fingerprint density at radius 3 is 2.07 bits per heavy atom. The van der Waals surface area contributed by atoms with E-state index in [1.165, 1.54) is 6.26 Å². The number of hydrogen-bond donors (Lipinski definition) is 1. The van der Waals surface area contributed by atoms with Crippen molar-refractivity contribution in [2.24, 2.45) is 0 Å². The van der Waals surface area contributed by atoms with Crippen LogP contribution in [0.5, 0.6) is 0 Å². The lowest BCUT2D eigenvalue weighted by atomic mass is 10.1. The van der Waals surface area contributed by atoms with Crippen LogP contribution in [0.1, 0.15) is 31.3 Å². The number of carbonyl (C=O) groups excluding carboxylic acids is 3. The van der Waals surface area contributed by atoms with E-state index < -0.39 is 0 Å². The van der Waals surface area contributed by atoms with E-state index in [1.54, 1.807) is 46.2 Å². The highest BCUT2D eigenvalue weighted by Gasteiger charge is 2.26. The zero-order valence-corrected chi connectivity index (χ0v) is 16.8. The minimum absolute atomic E-state index is 0.102. The van der Waals surface area contributed by atoms with E-state index in [2.05, 4.69) is 5.32 Å². The lowest BCUT2D eigenvalue weighted by Crippen LogP contribution is -2.50. The van der Waals surface area contributed by atoms with Gasteiger partial charge in [0.2, 0.25) is 0 Å². The van der Waals surface area contributed by atoms with Gasteiger partial charge in [-0.3, -0.25) is 14.4 Å². The standard InChI is InChI=1S/C21H26N4O4/c1-23(2)10-9-22-19(26)16-5-7-17(8-6-16)20(27)24-11-13-25(14-12-24)21(28)18-4-3-15-29-18/h3-8,15H,9-14H2,1-2H3,(H,22,26). The molecule has 0 bridgehead atoms. The number of hydrogen-bond acceptors (Lipinski definition) is 5. The van der Waals surface area contributed by atoms with Gasteiger partial charge in [0, 0.05) is 50.4 Å². The average molecular weight is 398 g/mol. The Kier molecular flexibility index (Phi) is 6.66. The van der Waals surface area contributed by atoms with Crippen LogP contribution in [0.25, 0.3) is 0 Å². The molecule has 1 aliphatic rings. The molecule has 1 aliphatic heterocycles. The second kappa shape index (κ2) is 9.38. The number of carbonyl (C=O) groups is 3. The molecule has 1 fully saturated rings. The van der Waals surface area contributed by atoms with Crippen LogP contribution < -0.4 is 5.32 Å². The molecule has 3 rings (SSSR count). The Balaban J connectivity index is 1.52. The van der Waals surface area contributed by atoms with Crippen molar-refractivity contribution in [2.75, 3.05) is 53.4 Å². The fourth-order valence-electron chi connectivity index (χ4n) is 3.11. The molecule has 0 spiro atoms. The largest absolute Gasteiger partial charge is 0.459 e. The molecule has 1 N–H and O–H groups in total. The van der Waals surface area contributed by atoms with Gasteiger partial charge < -0.3 is 24.4 Å². The van der Waals surface area contributed by atoms with Gasteiger partial charge in [0.05, 0.1) is 6.26 Å². The van der Waals surface area contributed by atoms with Crippen LogP contribution in [0.2, 0.25) is 0 Å². The maximum Gasteiger partial charge on any atom is 0.289 e. The van der Waals surface area contributed by atoms with Crippen molar-refractivity contribution in [2.45, 2.75) is 0 Å². The number of piperazine rings is 1. The van der Waals surface area contributed by atoms with Gasteiger partial charge in [0.15, 0.2) is 5.76 Å². The molecule has 0 unspecified atom stereocenters. The van der Waals surface area contributed by atoms with Crippen LogP contribution in [0.3, 0.4) is 0 Å².